The van der Waals surface area contributed by atoms with Crippen LogP contribution < -0.4 is 4.70 Å². The van der Waals surface area contributed by atoms with E-state index in [9.17, 15) is 4.21 Å². The van der Waals surface area contributed by atoms with Crippen molar-refractivity contribution in [2.45, 2.75) is 0 Å². The molecule has 0 bridgehead atoms. The Balaban J connectivity index is 0. The largest absolute Gasteiger partial charge is 1.00 e. The summed E-state index contributed by atoms with van der Waals surface area (Å²) in [5.74, 6) is 0. The van der Waals surface area contributed by atoms with Gasteiger partial charge in [0.25, 0.3) is 0 Å². The normalized spacial score (nSPS) is 9.83. The first kappa shape index (κ1) is 9.43. The quantitative estimate of drug-likeness (QED) is 0.314. The van der Waals surface area contributed by atoms with Crippen molar-refractivity contribution in [1.29, 1.82) is 0 Å². The fraction of sp³-hybridized carbons (Fsp3) is 1.00. The van der Waals surface area contributed by atoms with E-state index in [4.69, 9.17) is 0 Å². The zero-order chi connectivity index (χ0) is 4.50. The maximum atomic E-state index is 10.2. The van der Waals surface area contributed by atoms with E-state index in [-0.39, 0.29) is 4.70 Å². The van der Waals surface area contributed by atoms with Crippen LogP contribution in [-0.2, 0) is 14.1 Å². The Morgan fingerprint density at radius 2 is 1.17 bits per heavy atom. The van der Waals surface area contributed by atoms with Gasteiger partial charge in [-0.15, -0.1) is 4.21 Å². The van der Waals surface area contributed by atoms with Crippen molar-refractivity contribution < 1.29 is 8.91 Å². The van der Waals surface area contributed by atoms with E-state index in [1.165, 1.54) is 0 Å². The van der Waals surface area contributed by atoms with Crippen molar-refractivity contribution in [3.8, 4) is 0 Å². The second-order valence-electron chi connectivity index (χ2n) is 1.72. The van der Waals surface area contributed by atoms with Gasteiger partial charge in [-0.2, -0.15) is 0 Å². The van der Waals surface area contributed by atoms with Crippen LogP contribution in [-0.4, -0.2) is 18.8 Å². The van der Waals surface area contributed by atoms with E-state index < -0.39 is 9.93 Å². The highest BCUT2D eigenvalue weighted by Crippen LogP contribution is 1.78. The van der Waals surface area contributed by atoms with Crippen molar-refractivity contribution in [2.75, 3.05) is 18.8 Å². The molecule has 40 valence electrons. The fourth-order valence-corrected chi connectivity index (χ4v) is 0. The van der Waals surface area contributed by atoms with Crippen molar-refractivity contribution in [1.82, 2.24) is 0 Å². The van der Waals surface area contributed by atoms with Crippen molar-refractivity contribution in [3.63, 3.8) is 0 Å². The minimum Gasteiger partial charge on any atom is -1.00 e. The van der Waals surface area contributed by atoms with Crippen LogP contribution >= 0.6 is 0 Å². The summed E-state index contributed by atoms with van der Waals surface area (Å²) in [7, 11) is -1.42. The van der Waals surface area contributed by atoms with Gasteiger partial charge in [0.15, 0.2) is 0 Å². The van der Waals surface area contributed by atoms with Gasteiger partial charge in [-0.1, -0.05) is 0 Å². The van der Waals surface area contributed by atoms with Gasteiger partial charge in [-0.25, -0.2) is 0 Å². The summed E-state index contributed by atoms with van der Waals surface area (Å²) in [5.41, 5.74) is 0. The lowest BCUT2D eigenvalue weighted by atomic mass is 11.9. The molecule has 0 unspecified atom stereocenters. The Morgan fingerprint density at radius 1 is 1.17 bits per heavy atom. The number of rotatable bonds is 0. The molecule has 0 spiro atoms. The molecule has 0 aliphatic rings. The van der Waals surface area contributed by atoms with Crippen LogP contribution in [0.5, 0.6) is 0 Å². The molecule has 0 heterocycles. The van der Waals surface area contributed by atoms with Crippen molar-refractivity contribution >= 4 is 9.93 Å². The lowest BCUT2D eigenvalue weighted by molar-refractivity contribution is -0.00000277. The van der Waals surface area contributed by atoms with Crippen LogP contribution in [0.15, 0.2) is 0 Å². The van der Waals surface area contributed by atoms with Crippen molar-refractivity contribution in [2.24, 2.45) is 0 Å². The molecule has 0 saturated carbocycles. The van der Waals surface area contributed by atoms with Gasteiger partial charge in [0, 0.05) is 0 Å². The Hall–Kier alpha value is 0.0800. The van der Waals surface area contributed by atoms with E-state index in [0.29, 0.717) is 0 Å². The molecule has 3 heteroatoms. The average molecular weight is 112 g/mol. The molecule has 0 saturated heterocycles. The first-order chi connectivity index (χ1) is 2.00. The Bertz CT molecular complexity index is 56.9. The molecule has 0 radical (unpaired) electrons. The van der Waals surface area contributed by atoms with Gasteiger partial charge < -0.3 is 4.70 Å². The second-order valence-corrected chi connectivity index (χ2v) is 5.17. The predicted molar refractivity (Wildman–Crippen MR) is 25.8 cm³/mol. The van der Waals surface area contributed by atoms with Gasteiger partial charge >= 0.3 is 0 Å². The summed E-state index contributed by atoms with van der Waals surface area (Å²) >= 11 is 0. The van der Waals surface area contributed by atoms with Crippen LogP contribution in [0.3, 0.4) is 0 Å². The minimum absolute atomic E-state index is 0. The molecule has 0 amide bonds. The SMILES string of the molecule is C[S+](C)(C)=O.[F-]. The molecule has 0 atom stereocenters. The fourth-order valence-electron chi connectivity index (χ4n) is 0. The topological polar surface area (TPSA) is 17.1 Å². The first-order valence-corrected chi connectivity index (χ1v) is 4.17. The molecule has 0 N–H and O–H groups in total. The molecular weight excluding hydrogens is 103 g/mol. The third-order valence-corrected chi connectivity index (χ3v) is 0. The van der Waals surface area contributed by atoms with Crippen LogP contribution in [0.1, 0.15) is 0 Å². The highest BCUT2D eigenvalue weighted by molar-refractivity contribution is 8.00. The van der Waals surface area contributed by atoms with E-state index >= 15 is 0 Å². The van der Waals surface area contributed by atoms with Crippen LogP contribution in [0.25, 0.3) is 0 Å². The third kappa shape index (κ3) is 6050. The Kier molecular flexibility index (Phi) is 3.59. The molecule has 1 nitrogen and oxygen atoms in total. The van der Waals surface area contributed by atoms with Gasteiger partial charge in [-0.3, -0.25) is 0 Å². The smallest absolute Gasteiger partial charge is 0.101 e. The molecule has 0 aliphatic heterocycles. The minimum atomic E-state index is -1.42. The molecule has 0 aromatic rings. The standard InChI is InChI=1S/C3H9OS.FH/c1-5(2,3)4;/h1-3H3;1H/q+1;/p-1. The zero-order valence-corrected chi connectivity index (χ0v) is 5.01. The van der Waals surface area contributed by atoms with E-state index in [1.807, 2.05) is 0 Å². The van der Waals surface area contributed by atoms with Gasteiger partial charge in [0.1, 0.15) is 18.8 Å². The summed E-state index contributed by atoms with van der Waals surface area (Å²) in [6.07, 6.45) is 5.15. The molecule has 0 fully saturated rings. The van der Waals surface area contributed by atoms with E-state index in [0.717, 1.165) is 0 Å². The maximum Gasteiger partial charge on any atom is 0.101 e. The van der Waals surface area contributed by atoms with Gasteiger partial charge in [-0.05, 0) is 0 Å². The number of halogens is 1. The Labute approximate surface area is 38.5 Å². The summed E-state index contributed by atoms with van der Waals surface area (Å²) in [5, 5.41) is 0. The van der Waals surface area contributed by atoms with Crippen LogP contribution in [0.4, 0.5) is 0 Å². The highest BCUT2D eigenvalue weighted by Gasteiger charge is 1.95. The molecule has 0 aliphatic carbocycles. The summed E-state index contributed by atoms with van der Waals surface area (Å²) < 4.78 is 10.2. The first-order valence-electron chi connectivity index (χ1n) is 1.39. The summed E-state index contributed by atoms with van der Waals surface area (Å²) in [6, 6.07) is 0. The molecular formula is C3H9FOS. The lowest BCUT2D eigenvalue weighted by Crippen LogP contribution is -3.00. The van der Waals surface area contributed by atoms with Gasteiger partial charge in [0.2, 0.25) is 0 Å². The Morgan fingerprint density at radius 3 is 1.17 bits per heavy atom. The number of hydrogen-bond acceptors (Lipinski definition) is 1. The molecule has 0 rings (SSSR count). The molecule has 0 aromatic carbocycles. The monoisotopic (exact) mass is 112 g/mol. The highest BCUT2D eigenvalue weighted by atomic mass is 32.2. The lowest BCUT2D eigenvalue weighted by Gasteiger charge is -1.80. The summed E-state index contributed by atoms with van der Waals surface area (Å²) in [6.45, 7) is 0. The van der Waals surface area contributed by atoms with Crippen LogP contribution in [0, 0.1) is 0 Å². The third-order valence-electron chi connectivity index (χ3n) is 0. The maximum absolute atomic E-state index is 10.2. The molecule has 0 aromatic heterocycles. The van der Waals surface area contributed by atoms with Crippen molar-refractivity contribution in [3.05, 3.63) is 0 Å². The van der Waals surface area contributed by atoms with E-state index in [2.05, 4.69) is 0 Å². The second kappa shape index (κ2) is 2.29. The molecule has 6 heavy (non-hydrogen) atoms. The number of hydrogen-bond donors (Lipinski definition) is 0. The average Bonchev–Trinajstić information content (AvgIpc) is 0.722. The van der Waals surface area contributed by atoms with Crippen LogP contribution in [0.2, 0.25) is 0 Å². The summed E-state index contributed by atoms with van der Waals surface area (Å²) in [4.78, 5) is 0. The van der Waals surface area contributed by atoms with E-state index in [1.54, 1.807) is 18.8 Å². The zero-order valence-electron chi connectivity index (χ0n) is 4.19. The van der Waals surface area contributed by atoms with Gasteiger partial charge in [0.05, 0.1) is 9.93 Å². The predicted octanol–water partition coefficient (Wildman–Crippen LogP) is -2.62.